The predicted octanol–water partition coefficient (Wildman–Crippen LogP) is 3.21. The number of benzene rings is 2. The highest BCUT2D eigenvalue weighted by Gasteiger charge is 2.15. The number of nitrogens with one attached hydrogen (secondary N) is 1. The molecule has 29 heavy (non-hydrogen) atoms. The number of aliphatic carboxylic acids is 1. The number of carbonyl (C=O) groups is 2. The lowest BCUT2D eigenvalue weighted by molar-refractivity contribution is -0.137. The monoisotopic (exact) mass is 395 g/mol. The predicted molar refractivity (Wildman–Crippen MR) is 108 cm³/mol. The van der Waals surface area contributed by atoms with Gasteiger partial charge in [0.1, 0.15) is 11.3 Å². The van der Waals surface area contributed by atoms with E-state index in [0.717, 1.165) is 16.5 Å². The van der Waals surface area contributed by atoms with Gasteiger partial charge in [0.15, 0.2) is 6.10 Å². The Morgan fingerprint density at radius 3 is 2.62 bits per heavy atom. The van der Waals surface area contributed by atoms with Gasteiger partial charge in [-0.25, -0.2) is 4.79 Å². The second-order valence-electron chi connectivity index (χ2n) is 6.55. The summed E-state index contributed by atoms with van der Waals surface area (Å²) in [5.41, 5.74) is 1.54. The number of fused-ring (bicyclic) bond motifs is 1. The summed E-state index contributed by atoms with van der Waals surface area (Å²) >= 11 is 0. The van der Waals surface area contributed by atoms with Gasteiger partial charge in [-0.2, -0.15) is 0 Å². The molecule has 7 heteroatoms. The number of carboxylic acid groups (broad SMARTS) is 1. The first-order valence-corrected chi connectivity index (χ1v) is 9.23. The average molecular weight is 395 g/mol. The molecule has 0 saturated heterocycles. The third kappa shape index (κ3) is 5.22. The molecule has 0 saturated carbocycles. The van der Waals surface area contributed by atoms with Gasteiger partial charge >= 0.3 is 11.6 Å². The van der Waals surface area contributed by atoms with E-state index in [1.807, 2.05) is 30.3 Å². The maximum atomic E-state index is 12.1. The molecule has 1 atom stereocenters. The van der Waals surface area contributed by atoms with Crippen LogP contribution in [0.15, 0.2) is 63.8 Å². The van der Waals surface area contributed by atoms with Gasteiger partial charge in [0.2, 0.25) is 0 Å². The summed E-state index contributed by atoms with van der Waals surface area (Å²) in [6.07, 6.45) is -0.457. The maximum absolute atomic E-state index is 12.1. The molecule has 0 aliphatic carbocycles. The zero-order valence-corrected chi connectivity index (χ0v) is 15.9. The van der Waals surface area contributed by atoms with E-state index in [1.54, 1.807) is 25.1 Å². The molecule has 0 aliphatic rings. The summed E-state index contributed by atoms with van der Waals surface area (Å²) < 4.78 is 11.0. The van der Waals surface area contributed by atoms with Crippen molar-refractivity contribution in [2.75, 3.05) is 6.54 Å². The van der Waals surface area contributed by atoms with Crippen LogP contribution in [0.4, 0.5) is 0 Å². The number of hydrogen-bond donors (Lipinski definition) is 2. The molecular formula is C22H21NO6. The topological polar surface area (TPSA) is 106 Å². The Labute approximate surface area is 166 Å². The van der Waals surface area contributed by atoms with Crippen molar-refractivity contribution in [1.82, 2.24) is 5.32 Å². The Morgan fingerprint density at radius 2 is 1.90 bits per heavy atom. The van der Waals surface area contributed by atoms with Crippen molar-refractivity contribution < 1.29 is 23.8 Å². The average Bonchev–Trinajstić information content (AvgIpc) is 2.70. The number of carboxylic acids is 1. The zero-order chi connectivity index (χ0) is 20.8. The minimum absolute atomic E-state index is 0.0109. The molecule has 0 bridgehead atoms. The van der Waals surface area contributed by atoms with E-state index in [0.29, 0.717) is 17.8 Å². The molecule has 2 N–H and O–H groups in total. The molecule has 0 aliphatic heterocycles. The van der Waals surface area contributed by atoms with E-state index in [-0.39, 0.29) is 18.9 Å². The van der Waals surface area contributed by atoms with Crippen LogP contribution in [0.5, 0.6) is 5.75 Å². The molecule has 7 nitrogen and oxygen atoms in total. The first kappa shape index (κ1) is 20.1. The Morgan fingerprint density at radius 1 is 1.14 bits per heavy atom. The highest BCUT2D eigenvalue weighted by atomic mass is 16.5. The molecular weight excluding hydrogens is 374 g/mol. The van der Waals surface area contributed by atoms with Crippen LogP contribution in [-0.2, 0) is 9.59 Å². The van der Waals surface area contributed by atoms with Gasteiger partial charge in [-0.05, 0) is 36.6 Å². The Hall–Kier alpha value is -3.61. The molecule has 3 aromatic rings. The SMILES string of the molecule is CC(Oc1ccc2c(-c3ccccc3)cc(=O)oc2c1)C(=O)NCCCC(=O)O. The van der Waals surface area contributed by atoms with Crippen molar-refractivity contribution in [3.05, 3.63) is 65.0 Å². The fourth-order valence-corrected chi connectivity index (χ4v) is 2.93. The van der Waals surface area contributed by atoms with Crippen LogP contribution >= 0.6 is 0 Å². The van der Waals surface area contributed by atoms with Crippen LogP contribution < -0.4 is 15.7 Å². The van der Waals surface area contributed by atoms with E-state index in [2.05, 4.69) is 5.32 Å². The Bertz CT molecular complexity index is 1070. The molecule has 1 heterocycles. The van der Waals surface area contributed by atoms with E-state index < -0.39 is 17.7 Å². The third-order valence-corrected chi connectivity index (χ3v) is 4.35. The summed E-state index contributed by atoms with van der Waals surface area (Å²) in [7, 11) is 0. The smallest absolute Gasteiger partial charge is 0.336 e. The lowest BCUT2D eigenvalue weighted by Crippen LogP contribution is -2.36. The van der Waals surface area contributed by atoms with Crippen molar-refractivity contribution in [2.45, 2.75) is 25.9 Å². The molecule has 0 fully saturated rings. The van der Waals surface area contributed by atoms with Crippen LogP contribution in [0.25, 0.3) is 22.1 Å². The normalized spacial score (nSPS) is 11.8. The molecule has 1 amide bonds. The summed E-state index contributed by atoms with van der Waals surface area (Å²) in [6, 6.07) is 16.0. The summed E-state index contributed by atoms with van der Waals surface area (Å²) in [4.78, 5) is 34.6. The minimum atomic E-state index is -0.906. The molecule has 3 rings (SSSR count). The van der Waals surface area contributed by atoms with E-state index in [9.17, 15) is 14.4 Å². The Kier molecular flexibility index (Phi) is 6.29. The fraction of sp³-hybridized carbons (Fsp3) is 0.227. The van der Waals surface area contributed by atoms with Crippen molar-refractivity contribution in [3.8, 4) is 16.9 Å². The van der Waals surface area contributed by atoms with Crippen molar-refractivity contribution >= 4 is 22.8 Å². The van der Waals surface area contributed by atoms with Gasteiger partial charge in [0.05, 0.1) is 0 Å². The van der Waals surface area contributed by atoms with Gasteiger partial charge in [0, 0.05) is 30.5 Å². The van der Waals surface area contributed by atoms with Gasteiger partial charge in [-0.1, -0.05) is 30.3 Å². The third-order valence-electron chi connectivity index (χ3n) is 4.35. The maximum Gasteiger partial charge on any atom is 0.336 e. The molecule has 2 aromatic carbocycles. The van der Waals surface area contributed by atoms with Crippen molar-refractivity contribution in [1.29, 1.82) is 0 Å². The highest BCUT2D eigenvalue weighted by molar-refractivity contribution is 5.93. The first-order valence-electron chi connectivity index (χ1n) is 9.23. The number of carbonyl (C=O) groups excluding carboxylic acids is 1. The van der Waals surface area contributed by atoms with Gasteiger partial charge in [-0.15, -0.1) is 0 Å². The van der Waals surface area contributed by atoms with Gasteiger partial charge in [0.25, 0.3) is 5.91 Å². The number of amides is 1. The molecule has 0 radical (unpaired) electrons. The van der Waals surface area contributed by atoms with E-state index in [4.69, 9.17) is 14.3 Å². The second kappa shape index (κ2) is 9.05. The van der Waals surface area contributed by atoms with E-state index >= 15 is 0 Å². The zero-order valence-electron chi connectivity index (χ0n) is 15.9. The fourth-order valence-electron chi connectivity index (χ4n) is 2.93. The van der Waals surface area contributed by atoms with Crippen molar-refractivity contribution in [2.24, 2.45) is 0 Å². The lowest BCUT2D eigenvalue weighted by Gasteiger charge is -2.15. The van der Waals surface area contributed by atoms with Crippen LogP contribution in [-0.4, -0.2) is 29.6 Å². The largest absolute Gasteiger partial charge is 0.481 e. The molecule has 150 valence electrons. The number of rotatable bonds is 8. The lowest BCUT2D eigenvalue weighted by atomic mass is 10.0. The molecule has 1 unspecified atom stereocenters. The summed E-state index contributed by atoms with van der Waals surface area (Å²) in [5, 5.41) is 12.0. The van der Waals surface area contributed by atoms with Crippen LogP contribution in [0.2, 0.25) is 0 Å². The number of ether oxygens (including phenoxy) is 1. The minimum Gasteiger partial charge on any atom is -0.481 e. The summed E-state index contributed by atoms with van der Waals surface area (Å²) in [5.74, 6) is -0.870. The van der Waals surface area contributed by atoms with Gasteiger partial charge < -0.3 is 19.6 Å². The number of hydrogen-bond acceptors (Lipinski definition) is 5. The first-order chi connectivity index (χ1) is 13.9. The molecule has 0 spiro atoms. The van der Waals surface area contributed by atoms with Gasteiger partial charge in [-0.3, -0.25) is 9.59 Å². The second-order valence-corrected chi connectivity index (χ2v) is 6.55. The standard InChI is InChI=1S/C22H21NO6/c1-14(22(27)23-11-5-8-20(24)25)28-16-9-10-17-18(15-6-3-2-4-7-15)13-21(26)29-19(17)12-16/h2-4,6-7,9-10,12-14H,5,8,11H2,1H3,(H,23,27)(H,24,25). The van der Waals surface area contributed by atoms with E-state index in [1.165, 1.54) is 6.07 Å². The Balaban J connectivity index is 1.75. The highest BCUT2D eigenvalue weighted by Crippen LogP contribution is 2.29. The summed E-state index contributed by atoms with van der Waals surface area (Å²) in [6.45, 7) is 1.85. The van der Waals surface area contributed by atoms with Crippen LogP contribution in [0.1, 0.15) is 19.8 Å². The molecule has 1 aromatic heterocycles. The van der Waals surface area contributed by atoms with Crippen LogP contribution in [0.3, 0.4) is 0 Å². The van der Waals surface area contributed by atoms with Crippen LogP contribution in [0, 0.1) is 0 Å². The van der Waals surface area contributed by atoms with Crippen molar-refractivity contribution in [3.63, 3.8) is 0 Å². The quantitative estimate of drug-likeness (QED) is 0.448.